The van der Waals surface area contributed by atoms with Crippen LogP contribution in [-0.4, -0.2) is 36.6 Å². The van der Waals surface area contributed by atoms with Crippen molar-refractivity contribution >= 4 is 31.8 Å². The first-order valence-electron chi connectivity index (χ1n) is 5.55. The average molecular weight is 290 g/mol. The molecule has 0 spiro atoms. The third kappa shape index (κ3) is 16.4. The van der Waals surface area contributed by atoms with Crippen LogP contribution in [0.2, 0.25) is 0 Å². The molecule has 0 aromatic carbocycles. The van der Waals surface area contributed by atoms with Gasteiger partial charge in [-0.2, -0.15) is 5.10 Å². The van der Waals surface area contributed by atoms with Crippen LogP contribution in [-0.2, 0) is 23.7 Å². The maximum Gasteiger partial charge on any atom is 0.313 e. The monoisotopic (exact) mass is 290 g/mol. The number of hydrazone groups is 1. The molecule has 19 heavy (non-hydrogen) atoms. The highest BCUT2D eigenvalue weighted by atomic mass is 31.1. The van der Waals surface area contributed by atoms with Crippen LogP contribution in [0.4, 0.5) is 0 Å². The van der Waals surface area contributed by atoms with Crippen molar-refractivity contribution in [2.75, 3.05) is 13.3 Å². The summed E-state index contributed by atoms with van der Waals surface area (Å²) in [5.41, 5.74) is 3.18. The van der Waals surface area contributed by atoms with Crippen LogP contribution in [0.15, 0.2) is 5.10 Å². The molecule has 0 aromatic heterocycles. The zero-order valence-electron chi connectivity index (χ0n) is 11.6. The number of esters is 1. The summed E-state index contributed by atoms with van der Waals surface area (Å²) < 4.78 is 13.4. The molecule has 0 saturated carbocycles. The minimum Gasteiger partial charge on any atom is -0.466 e. The summed E-state index contributed by atoms with van der Waals surface area (Å²) in [6, 6.07) is 0. The standard InChI is InChI=1S/C6H10O3.C4H6N2O.CH3OP/c1-3-9-6(8)4-5(2)7;1-3-2-4(7)6-5-3;1-3-2/h3-4H2,1-2H3;2H2,1H3,(H,6,7);1H3. The number of ketones is 1. The molecule has 0 fully saturated rings. The van der Waals surface area contributed by atoms with Gasteiger partial charge in [-0.1, -0.05) is 0 Å². The number of hydrogen-bond acceptors (Lipinski definition) is 6. The Hall–Kier alpha value is -1.62. The molecule has 0 saturated heterocycles. The largest absolute Gasteiger partial charge is 0.466 e. The smallest absolute Gasteiger partial charge is 0.313 e. The Bertz CT molecular complexity index is 355. The van der Waals surface area contributed by atoms with Gasteiger partial charge in [0.05, 0.1) is 13.0 Å². The molecule has 1 N–H and O–H groups in total. The highest BCUT2D eigenvalue weighted by Crippen LogP contribution is 1.91. The van der Waals surface area contributed by atoms with Crippen molar-refractivity contribution in [2.24, 2.45) is 5.10 Å². The Morgan fingerprint density at radius 3 is 2.21 bits per heavy atom. The van der Waals surface area contributed by atoms with E-state index in [1.165, 1.54) is 6.92 Å². The SMILES string of the molecule is CC1=NNC(=O)C1.CCOC(=O)CC(C)=O.CP=O. The normalized spacial score (nSPS) is 12.2. The summed E-state index contributed by atoms with van der Waals surface area (Å²) in [7, 11) is 0.167. The zero-order chi connectivity index (χ0) is 15.3. The number of Topliss-reactive ketones (excluding diaryl/α,β-unsaturated/α-hetero) is 1. The minimum atomic E-state index is -0.440. The van der Waals surface area contributed by atoms with Crippen molar-refractivity contribution in [3.05, 3.63) is 0 Å². The fourth-order valence-electron chi connectivity index (χ4n) is 0.884. The molecule has 7 nitrogen and oxygen atoms in total. The quantitative estimate of drug-likeness (QED) is 0.480. The topological polar surface area (TPSA) is 102 Å². The maximum atomic E-state index is 10.4. The Morgan fingerprint density at radius 2 is 2.00 bits per heavy atom. The molecule has 1 aliphatic rings. The number of carbonyl (C=O) groups excluding carboxylic acids is 3. The highest BCUT2D eigenvalue weighted by Gasteiger charge is 2.07. The number of nitrogens with one attached hydrogen (secondary N) is 1. The Kier molecular flexibility index (Phi) is 13.3. The van der Waals surface area contributed by atoms with Crippen LogP contribution in [0.5, 0.6) is 0 Å². The Balaban J connectivity index is 0. The molecule has 0 atom stereocenters. The van der Waals surface area contributed by atoms with Crippen molar-refractivity contribution in [3.8, 4) is 0 Å². The van der Waals surface area contributed by atoms with E-state index in [1.54, 1.807) is 13.6 Å². The molecular weight excluding hydrogens is 271 g/mol. The van der Waals surface area contributed by atoms with Gasteiger partial charge in [0.2, 0.25) is 5.91 Å². The van der Waals surface area contributed by atoms with Gasteiger partial charge in [0.15, 0.2) is 8.46 Å². The van der Waals surface area contributed by atoms with Crippen molar-refractivity contribution in [3.63, 3.8) is 0 Å². The van der Waals surface area contributed by atoms with E-state index < -0.39 is 5.97 Å². The van der Waals surface area contributed by atoms with E-state index in [0.717, 1.165) is 5.71 Å². The Morgan fingerprint density at radius 1 is 1.47 bits per heavy atom. The predicted molar refractivity (Wildman–Crippen MR) is 71.3 cm³/mol. The molecule has 1 aliphatic heterocycles. The van der Waals surface area contributed by atoms with Crippen LogP contribution in [0.25, 0.3) is 0 Å². The van der Waals surface area contributed by atoms with Crippen molar-refractivity contribution in [2.45, 2.75) is 33.6 Å². The van der Waals surface area contributed by atoms with Crippen LogP contribution < -0.4 is 5.43 Å². The van der Waals surface area contributed by atoms with Gasteiger partial charge in [0, 0.05) is 12.4 Å². The van der Waals surface area contributed by atoms with Gasteiger partial charge in [-0.15, -0.1) is 0 Å². The second kappa shape index (κ2) is 12.8. The first kappa shape index (κ1) is 19.7. The van der Waals surface area contributed by atoms with Crippen molar-refractivity contribution in [1.82, 2.24) is 5.43 Å². The summed E-state index contributed by atoms with van der Waals surface area (Å²) in [6.45, 7) is 6.76. The second-order valence-corrected chi connectivity index (χ2v) is 3.79. The van der Waals surface area contributed by atoms with Gasteiger partial charge in [-0.3, -0.25) is 18.9 Å². The molecule has 0 unspecified atom stereocenters. The van der Waals surface area contributed by atoms with E-state index >= 15 is 0 Å². The fourth-order valence-corrected chi connectivity index (χ4v) is 0.884. The average Bonchev–Trinajstić information content (AvgIpc) is 2.63. The predicted octanol–water partition coefficient (Wildman–Crippen LogP) is 1.32. The van der Waals surface area contributed by atoms with Gasteiger partial charge in [0.1, 0.15) is 12.2 Å². The van der Waals surface area contributed by atoms with Gasteiger partial charge >= 0.3 is 5.97 Å². The van der Waals surface area contributed by atoms with E-state index in [9.17, 15) is 14.4 Å². The van der Waals surface area contributed by atoms with Crippen LogP contribution in [0.1, 0.15) is 33.6 Å². The van der Waals surface area contributed by atoms with Gasteiger partial charge in [-0.05, 0) is 20.8 Å². The zero-order valence-corrected chi connectivity index (χ0v) is 12.5. The molecule has 1 heterocycles. The molecule has 8 heteroatoms. The van der Waals surface area contributed by atoms with Gasteiger partial charge in [-0.25, -0.2) is 5.43 Å². The Labute approximate surface area is 114 Å². The number of hydrogen-bond donors (Lipinski definition) is 1. The molecule has 0 aromatic rings. The third-order valence-electron chi connectivity index (χ3n) is 1.49. The first-order valence-corrected chi connectivity index (χ1v) is 6.81. The minimum absolute atomic E-state index is 0.00231. The third-order valence-corrected chi connectivity index (χ3v) is 1.49. The van der Waals surface area contributed by atoms with E-state index in [-0.39, 0.29) is 26.6 Å². The lowest BCUT2D eigenvalue weighted by Crippen LogP contribution is -2.08. The summed E-state index contributed by atoms with van der Waals surface area (Å²) in [5.74, 6) is -0.601. The summed E-state index contributed by atoms with van der Waals surface area (Å²) >= 11 is 0. The molecule has 0 radical (unpaired) electrons. The van der Waals surface area contributed by atoms with Gasteiger partial charge < -0.3 is 4.74 Å². The number of ether oxygens (including phenoxy) is 1. The fraction of sp³-hybridized carbons (Fsp3) is 0.636. The van der Waals surface area contributed by atoms with Crippen LogP contribution in [0, 0.1) is 0 Å². The van der Waals surface area contributed by atoms with E-state index in [0.29, 0.717) is 13.0 Å². The highest BCUT2D eigenvalue weighted by molar-refractivity contribution is 7.22. The van der Waals surface area contributed by atoms with Crippen LogP contribution in [0.3, 0.4) is 0 Å². The lowest BCUT2D eigenvalue weighted by atomic mass is 10.3. The van der Waals surface area contributed by atoms with Gasteiger partial charge in [0.25, 0.3) is 0 Å². The molecule has 108 valence electrons. The second-order valence-electron chi connectivity index (χ2n) is 3.43. The lowest BCUT2D eigenvalue weighted by Gasteiger charge is -1.96. The molecule has 0 aliphatic carbocycles. The molecular formula is C11H19N2O5P. The summed E-state index contributed by atoms with van der Waals surface area (Å²) in [6.07, 6.45) is 0.369. The molecule has 0 bridgehead atoms. The number of amides is 1. The summed E-state index contributed by atoms with van der Waals surface area (Å²) in [5, 5.41) is 3.63. The van der Waals surface area contributed by atoms with Crippen molar-refractivity contribution < 1.29 is 23.7 Å². The van der Waals surface area contributed by atoms with Crippen LogP contribution >= 0.6 is 8.46 Å². The molecule has 1 amide bonds. The van der Waals surface area contributed by atoms with E-state index in [1.807, 2.05) is 6.92 Å². The van der Waals surface area contributed by atoms with Crippen molar-refractivity contribution in [1.29, 1.82) is 0 Å². The van der Waals surface area contributed by atoms with E-state index in [4.69, 9.17) is 4.57 Å². The number of carbonyl (C=O) groups is 3. The summed E-state index contributed by atoms with van der Waals surface area (Å²) in [4.78, 5) is 30.9. The maximum absolute atomic E-state index is 10.4. The number of nitrogens with zero attached hydrogens (tertiary/aromatic N) is 1. The number of rotatable bonds is 3. The lowest BCUT2D eigenvalue weighted by molar-refractivity contribution is -0.145. The molecule has 1 rings (SSSR count). The van der Waals surface area contributed by atoms with E-state index in [2.05, 4.69) is 15.3 Å². The first-order chi connectivity index (χ1) is 8.87.